The Balaban J connectivity index is 1.89. The molecule has 1 aliphatic carbocycles. The van der Waals surface area contributed by atoms with Gasteiger partial charge in [-0.3, -0.25) is 9.59 Å². The first-order chi connectivity index (χ1) is 12.2. The van der Waals surface area contributed by atoms with E-state index in [9.17, 15) is 22.8 Å². The van der Waals surface area contributed by atoms with Crippen LogP contribution in [0.2, 0.25) is 0 Å². The summed E-state index contributed by atoms with van der Waals surface area (Å²) in [5.41, 5.74) is 1.34. The van der Waals surface area contributed by atoms with Crippen LogP contribution >= 0.6 is 0 Å². The maximum atomic E-state index is 12.8. The second-order valence-corrected chi connectivity index (χ2v) is 6.12. The molecule has 1 atom stereocenters. The summed E-state index contributed by atoms with van der Waals surface area (Å²) in [6, 6.07) is 4.11. The van der Waals surface area contributed by atoms with Gasteiger partial charge in [0, 0.05) is 22.8 Å². The molecule has 4 nitrogen and oxygen atoms in total. The fraction of sp³-hybridized carbons (Fsp3) is 0.211. The molecule has 0 saturated heterocycles. The minimum absolute atomic E-state index is 0.102. The molecular weight excluding hydrogens is 345 g/mol. The largest absolute Gasteiger partial charge is 0.416 e. The van der Waals surface area contributed by atoms with Crippen LogP contribution in [0.1, 0.15) is 29.8 Å². The standard InChI is InChI=1S/C19H15F3N2O2/c1-10-11(2)17(25)24-16-9-14(6-7-15(10)16)23-18(26)12-4-3-5-13(8-12)19(20,21)22/h3-9,15H,1-2H3,(H,24,25). The van der Waals surface area contributed by atoms with E-state index in [1.54, 1.807) is 25.2 Å². The lowest BCUT2D eigenvalue weighted by atomic mass is 9.85. The van der Waals surface area contributed by atoms with Crippen LogP contribution in [-0.4, -0.2) is 17.5 Å². The van der Waals surface area contributed by atoms with Gasteiger partial charge in [0.25, 0.3) is 11.8 Å². The van der Waals surface area contributed by atoms with Crippen LogP contribution in [0.15, 0.2) is 64.3 Å². The lowest BCUT2D eigenvalue weighted by Gasteiger charge is -2.28. The molecule has 1 unspecified atom stereocenters. The number of rotatable bonds is 1. The third-order valence-electron chi connectivity index (χ3n) is 4.42. The second-order valence-electron chi connectivity index (χ2n) is 6.12. The summed E-state index contributed by atoms with van der Waals surface area (Å²) in [6.45, 7) is 3.59. The highest BCUT2D eigenvalue weighted by molar-refractivity contribution is 6.14. The summed E-state index contributed by atoms with van der Waals surface area (Å²) in [5.74, 6) is -1.10. The van der Waals surface area contributed by atoms with Crippen LogP contribution in [0.4, 0.5) is 13.2 Å². The number of fused-ring (bicyclic) bond motifs is 1. The molecule has 26 heavy (non-hydrogen) atoms. The molecule has 0 saturated carbocycles. The van der Waals surface area contributed by atoms with E-state index in [1.807, 2.05) is 6.92 Å². The van der Waals surface area contributed by atoms with Crippen molar-refractivity contribution in [3.63, 3.8) is 0 Å². The number of alkyl halides is 3. The van der Waals surface area contributed by atoms with Gasteiger partial charge in [-0.05, 0) is 44.2 Å². The number of carbonyl (C=O) groups is 2. The maximum Gasteiger partial charge on any atom is 0.416 e. The number of nitrogens with one attached hydrogen (secondary N) is 1. The smallest absolute Gasteiger partial charge is 0.325 e. The predicted octanol–water partition coefficient (Wildman–Crippen LogP) is 3.82. The van der Waals surface area contributed by atoms with Crippen LogP contribution in [0, 0.1) is 5.92 Å². The number of halogens is 3. The molecule has 1 aliphatic heterocycles. The van der Waals surface area contributed by atoms with E-state index >= 15 is 0 Å². The minimum atomic E-state index is -4.53. The summed E-state index contributed by atoms with van der Waals surface area (Å²) in [5, 5.41) is 2.74. The van der Waals surface area contributed by atoms with E-state index in [2.05, 4.69) is 10.3 Å². The van der Waals surface area contributed by atoms with Crippen molar-refractivity contribution in [3.8, 4) is 0 Å². The van der Waals surface area contributed by atoms with Crippen molar-refractivity contribution in [1.29, 1.82) is 0 Å². The maximum absolute atomic E-state index is 12.8. The number of amides is 2. The van der Waals surface area contributed by atoms with Crippen LogP contribution in [-0.2, 0) is 11.0 Å². The van der Waals surface area contributed by atoms with Crippen molar-refractivity contribution in [2.45, 2.75) is 20.0 Å². The zero-order valence-electron chi connectivity index (χ0n) is 14.0. The summed E-state index contributed by atoms with van der Waals surface area (Å²) in [4.78, 5) is 28.0. The summed E-state index contributed by atoms with van der Waals surface area (Å²) in [7, 11) is 0. The van der Waals surface area contributed by atoms with Crippen molar-refractivity contribution >= 4 is 17.5 Å². The summed E-state index contributed by atoms with van der Waals surface area (Å²) >= 11 is 0. The third-order valence-corrected chi connectivity index (χ3v) is 4.42. The molecule has 1 N–H and O–H groups in total. The Bertz CT molecular complexity index is 921. The number of hydrogen-bond donors (Lipinski definition) is 1. The van der Waals surface area contributed by atoms with Crippen molar-refractivity contribution in [1.82, 2.24) is 5.32 Å². The Kier molecular flexibility index (Phi) is 4.39. The molecular formula is C19H15F3N2O2. The highest BCUT2D eigenvalue weighted by Gasteiger charge is 2.31. The van der Waals surface area contributed by atoms with Crippen molar-refractivity contribution < 1.29 is 22.8 Å². The zero-order chi connectivity index (χ0) is 19.1. The number of carbonyl (C=O) groups excluding carboxylic acids is 2. The van der Waals surface area contributed by atoms with Crippen LogP contribution < -0.4 is 5.32 Å². The topological polar surface area (TPSA) is 58.5 Å². The Hall–Kier alpha value is -2.96. The highest BCUT2D eigenvalue weighted by atomic mass is 19.4. The highest BCUT2D eigenvalue weighted by Crippen LogP contribution is 2.31. The first-order valence-electron chi connectivity index (χ1n) is 7.85. The molecule has 0 bridgehead atoms. The van der Waals surface area contributed by atoms with Crippen molar-refractivity contribution in [2.24, 2.45) is 10.9 Å². The van der Waals surface area contributed by atoms with Gasteiger partial charge in [-0.2, -0.15) is 13.2 Å². The molecule has 0 aromatic heterocycles. The van der Waals surface area contributed by atoms with Crippen LogP contribution in [0.5, 0.6) is 0 Å². The number of hydrogen-bond acceptors (Lipinski definition) is 2. The number of benzene rings is 1. The van der Waals surface area contributed by atoms with Crippen molar-refractivity contribution in [2.75, 3.05) is 0 Å². The van der Waals surface area contributed by atoms with E-state index in [-0.39, 0.29) is 23.1 Å². The molecule has 1 heterocycles. The molecule has 7 heteroatoms. The lowest BCUT2D eigenvalue weighted by molar-refractivity contribution is -0.137. The van der Waals surface area contributed by atoms with Gasteiger partial charge in [0.15, 0.2) is 0 Å². The van der Waals surface area contributed by atoms with Gasteiger partial charge in [-0.1, -0.05) is 17.7 Å². The predicted molar refractivity (Wildman–Crippen MR) is 90.4 cm³/mol. The SMILES string of the molecule is CC1=C(C)C2C=CC(=NC(=O)c3cccc(C(F)(F)F)c3)C=C2NC1=O. The summed E-state index contributed by atoms with van der Waals surface area (Å²) in [6.07, 6.45) is 0.446. The average molecular weight is 360 g/mol. The molecule has 3 rings (SSSR count). The Morgan fingerprint density at radius 3 is 2.65 bits per heavy atom. The molecule has 2 amide bonds. The Morgan fingerprint density at radius 1 is 1.23 bits per heavy atom. The minimum Gasteiger partial charge on any atom is -0.325 e. The average Bonchev–Trinajstić information content (AvgIpc) is 2.59. The third kappa shape index (κ3) is 3.37. The van der Waals surface area contributed by atoms with E-state index < -0.39 is 17.6 Å². The van der Waals surface area contributed by atoms with Gasteiger partial charge in [-0.15, -0.1) is 0 Å². The second kappa shape index (κ2) is 6.40. The molecule has 1 aromatic carbocycles. The Labute approximate surface area is 147 Å². The Morgan fingerprint density at radius 2 is 1.96 bits per heavy atom. The first kappa shape index (κ1) is 17.8. The molecule has 2 aliphatic rings. The van der Waals surface area contributed by atoms with E-state index in [0.29, 0.717) is 11.3 Å². The van der Waals surface area contributed by atoms with Gasteiger partial charge in [-0.25, -0.2) is 4.99 Å². The van der Waals surface area contributed by atoms with Gasteiger partial charge in [0.1, 0.15) is 0 Å². The molecule has 0 spiro atoms. The van der Waals surface area contributed by atoms with Gasteiger partial charge in [0.05, 0.1) is 11.3 Å². The fourth-order valence-electron chi connectivity index (χ4n) is 2.80. The number of allylic oxidation sites excluding steroid dienone is 3. The van der Waals surface area contributed by atoms with Gasteiger partial charge < -0.3 is 5.32 Å². The monoisotopic (exact) mass is 360 g/mol. The van der Waals surface area contributed by atoms with Crippen LogP contribution in [0.3, 0.4) is 0 Å². The summed E-state index contributed by atoms with van der Waals surface area (Å²) < 4.78 is 38.3. The number of nitrogens with zero attached hydrogens (tertiary/aromatic N) is 1. The zero-order valence-corrected chi connectivity index (χ0v) is 14.0. The molecule has 1 aromatic rings. The fourth-order valence-corrected chi connectivity index (χ4v) is 2.80. The van der Waals surface area contributed by atoms with E-state index in [0.717, 1.165) is 17.7 Å². The van der Waals surface area contributed by atoms with Gasteiger partial charge >= 0.3 is 6.18 Å². The van der Waals surface area contributed by atoms with Gasteiger partial charge in [0.2, 0.25) is 0 Å². The molecule has 0 fully saturated rings. The first-order valence-corrected chi connectivity index (χ1v) is 7.85. The van der Waals surface area contributed by atoms with E-state index in [1.165, 1.54) is 12.1 Å². The van der Waals surface area contributed by atoms with Crippen molar-refractivity contribution in [3.05, 3.63) is 70.5 Å². The van der Waals surface area contributed by atoms with E-state index in [4.69, 9.17) is 0 Å². The molecule has 0 radical (unpaired) electrons. The quantitative estimate of drug-likeness (QED) is 0.828. The number of aliphatic imine (C=N–C) groups is 1. The van der Waals surface area contributed by atoms with Crippen LogP contribution in [0.25, 0.3) is 0 Å². The lowest BCUT2D eigenvalue weighted by Crippen LogP contribution is -2.35. The normalized spacial score (nSPS) is 21.4. The molecule has 134 valence electrons.